The molecule has 0 spiro atoms. The number of piperazine rings is 1. The molecule has 1 fully saturated rings. The molecule has 3 N–H and O–H groups in total. The smallest absolute Gasteiger partial charge is 0.257 e. The van der Waals surface area contributed by atoms with Crippen LogP contribution in [0.4, 0.5) is 5.69 Å². The second-order valence-corrected chi connectivity index (χ2v) is 4.97. The highest BCUT2D eigenvalue weighted by Gasteiger charge is 2.24. The number of hydrogen-bond acceptors (Lipinski definition) is 4. The van der Waals surface area contributed by atoms with E-state index in [1.165, 1.54) is 0 Å². The van der Waals surface area contributed by atoms with Gasteiger partial charge >= 0.3 is 0 Å². The molecule has 5 nitrogen and oxygen atoms in total. The van der Waals surface area contributed by atoms with E-state index in [-0.39, 0.29) is 12.5 Å². The van der Waals surface area contributed by atoms with Crippen molar-refractivity contribution in [3.8, 4) is 0 Å². The Bertz CT molecular complexity index is 439. The lowest BCUT2D eigenvalue weighted by atomic mass is 10.1. The van der Waals surface area contributed by atoms with Gasteiger partial charge in [-0.15, -0.1) is 0 Å². The fourth-order valence-corrected chi connectivity index (χ4v) is 2.50. The van der Waals surface area contributed by atoms with Crippen LogP contribution in [0, 0.1) is 0 Å². The summed E-state index contributed by atoms with van der Waals surface area (Å²) in [4.78, 5) is 16.3. The van der Waals surface area contributed by atoms with Crippen molar-refractivity contribution in [1.29, 1.82) is 0 Å². The first-order valence-corrected chi connectivity index (χ1v) is 6.67. The number of amides is 1. The maximum absolute atomic E-state index is 12.4. The number of carbonyl (C=O) groups excluding carboxylic acids is 1. The minimum absolute atomic E-state index is 0.119. The summed E-state index contributed by atoms with van der Waals surface area (Å²) in [6.07, 6.45) is 0. The molecule has 19 heavy (non-hydrogen) atoms. The lowest BCUT2D eigenvalue weighted by Gasteiger charge is -2.34. The molecular formula is C13H18ClN3O2. The van der Waals surface area contributed by atoms with E-state index in [2.05, 4.69) is 4.90 Å². The van der Waals surface area contributed by atoms with Gasteiger partial charge in [0.15, 0.2) is 0 Å². The summed E-state index contributed by atoms with van der Waals surface area (Å²) in [6.45, 7) is 3.57. The van der Waals surface area contributed by atoms with Crippen molar-refractivity contribution in [1.82, 2.24) is 9.80 Å². The van der Waals surface area contributed by atoms with E-state index in [9.17, 15) is 4.79 Å². The van der Waals surface area contributed by atoms with Gasteiger partial charge in [-0.25, -0.2) is 0 Å². The Balaban J connectivity index is 2.05. The standard InChI is InChI=1S/C13H18ClN3O2/c14-10-2-1-3-11(15)12(10)13(19)17-6-4-16(5-7-17)8-9-18/h1-3,18H,4-9,15H2. The Morgan fingerprint density at radius 3 is 2.58 bits per heavy atom. The molecule has 0 aromatic heterocycles. The summed E-state index contributed by atoms with van der Waals surface area (Å²) in [5, 5.41) is 9.28. The highest BCUT2D eigenvalue weighted by atomic mass is 35.5. The van der Waals surface area contributed by atoms with Crippen LogP contribution in [0.15, 0.2) is 18.2 Å². The number of nitrogens with zero attached hydrogens (tertiary/aromatic N) is 2. The summed E-state index contributed by atoms with van der Waals surface area (Å²) in [5.74, 6) is -0.119. The van der Waals surface area contributed by atoms with Gasteiger partial charge in [-0.1, -0.05) is 17.7 Å². The van der Waals surface area contributed by atoms with E-state index >= 15 is 0 Å². The number of β-amino-alcohol motifs (C(OH)–C–C–N with tert-alkyl or cyclic N) is 1. The number of aliphatic hydroxyl groups excluding tert-OH is 1. The molecule has 1 aliphatic rings. The van der Waals surface area contributed by atoms with Gasteiger partial charge in [0, 0.05) is 38.4 Å². The first-order valence-electron chi connectivity index (χ1n) is 6.30. The fourth-order valence-electron chi connectivity index (χ4n) is 2.24. The van der Waals surface area contributed by atoms with Crippen LogP contribution < -0.4 is 5.73 Å². The van der Waals surface area contributed by atoms with E-state index < -0.39 is 0 Å². The summed E-state index contributed by atoms with van der Waals surface area (Å²) in [7, 11) is 0. The zero-order valence-electron chi connectivity index (χ0n) is 10.7. The van der Waals surface area contributed by atoms with Crippen molar-refractivity contribution in [2.75, 3.05) is 45.1 Å². The minimum atomic E-state index is -0.119. The number of carbonyl (C=O) groups is 1. The summed E-state index contributed by atoms with van der Waals surface area (Å²) in [6, 6.07) is 5.09. The van der Waals surface area contributed by atoms with E-state index in [0.29, 0.717) is 35.9 Å². The van der Waals surface area contributed by atoms with Gasteiger partial charge in [-0.05, 0) is 12.1 Å². The van der Waals surface area contributed by atoms with Gasteiger partial charge in [-0.2, -0.15) is 0 Å². The quantitative estimate of drug-likeness (QED) is 0.800. The highest BCUT2D eigenvalue weighted by Crippen LogP contribution is 2.24. The van der Waals surface area contributed by atoms with Crippen LogP contribution in [0.3, 0.4) is 0 Å². The average molecular weight is 284 g/mol. The monoisotopic (exact) mass is 283 g/mol. The maximum atomic E-state index is 12.4. The molecule has 0 radical (unpaired) electrons. The van der Waals surface area contributed by atoms with Crippen molar-refractivity contribution in [2.45, 2.75) is 0 Å². The van der Waals surface area contributed by atoms with Crippen molar-refractivity contribution >= 4 is 23.2 Å². The maximum Gasteiger partial charge on any atom is 0.257 e. The summed E-state index contributed by atoms with van der Waals surface area (Å²) in [5.41, 5.74) is 6.63. The number of benzene rings is 1. The molecule has 0 aliphatic carbocycles. The zero-order chi connectivity index (χ0) is 13.8. The largest absolute Gasteiger partial charge is 0.398 e. The topological polar surface area (TPSA) is 69.8 Å². The second kappa shape index (κ2) is 6.23. The van der Waals surface area contributed by atoms with Gasteiger partial charge in [0.1, 0.15) is 0 Å². The highest BCUT2D eigenvalue weighted by molar-refractivity contribution is 6.34. The number of hydrogen-bond donors (Lipinski definition) is 2. The number of rotatable bonds is 3. The molecule has 2 rings (SSSR count). The van der Waals surface area contributed by atoms with Gasteiger partial charge in [0.2, 0.25) is 0 Å². The first kappa shape index (κ1) is 14.1. The van der Waals surface area contributed by atoms with Gasteiger partial charge in [0.05, 0.1) is 17.2 Å². The SMILES string of the molecule is Nc1cccc(Cl)c1C(=O)N1CCN(CCO)CC1. The number of nitrogen functional groups attached to an aromatic ring is 1. The Labute approximate surface area is 117 Å². The minimum Gasteiger partial charge on any atom is -0.398 e. The molecule has 1 amide bonds. The van der Waals surface area contributed by atoms with E-state index in [1.807, 2.05) is 0 Å². The molecule has 0 unspecified atom stereocenters. The number of nitrogens with two attached hydrogens (primary N) is 1. The van der Waals surface area contributed by atoms with Crippen molar-refractivity contribution in [3.63, 3.8) is 0 Å². The van der Waals surface area contributed by atoms with Crippen LogP contribution in [0.2, 0.25) is 5.02 Å². The summed E-state index contributed by atoms with van der Waals surface area (Å²) >= 11 is 6.05. The van der Waals surface area contributed by atoms with E-state index in [0.717, 1.165) is 13.1 Å². The third kappa shape index (κ3) is 3.18. The third-order valence-corrected chi connectivity index (χ3v) is 3.65. The molecular weight excluding hydrogens is 266 g/mol. The van der Waals surface area contributed by atoms with Gasteiger partial charge in [0.25, 0.3) is 5.91 Å². The Kier molecular flexibility index (Phi) is 4.63. The van der Waals surface area contributed by atoms with Crippen LogP contribution in [-0.4, -0.2) is 60.1 Å². The summed E-state index contributed by atoms with van der Waals surface area (Å²) < 4.78 is 0. The van der Waals surface area contributed by atoms with E-state index in [1.54, 1.807) is 23.1 Å². The molecule has 1 aromatic carbocycles. The molecule has 1 aliphatic heterocycles. The van der Waals surface area contributed by atoms with Crippen LogP contribution >= 0.6 is 11.6 Å². The van der Waals surface area contributed by atoms with Crippen molar-refractivity contribution in [2.24, 2.45) is 0 Å². The molecule has 1 heterocycles. The normalized spacial score (nSPS) is 16.6. The van der Waals surface area contributed by atoms with Crippen molar-refractivity contribution < 1.29 is 9.90 Å². The average Bonchev–Trinajstić information content (AvgIpc) is 2.39. The molecule has 104 valence electrons. The molecule has 0 saturated carbocycles. The van der Waals surface area contributed by atoms with Crippen LogP contribution in [0.5, 0.6) is 0 Å². The van der Waals surface area contributed by atoms with Crippen LogP contribution in [0.1, 0.15) is 10.4 Å². The third-order valence-electron chi connectivity index (χ3n) is 3.34. The number of anilines is 1. The van der Waals surface area contributed by atoms with Crippen molar-refractivity contribution in [3.05, 3.63) is 28.8 Å². The molecule has 1 saturated heterocycles. The van der Waals surface area contributed by atoms with E-state index in [4.69, 9.17) is 22.4 Å². The van der Waals surface area contributed by atoms with Crippen LogP contribution in [0.25, 0.3) is 0 Å². The lowest BCUT2D eigenvalue weighted by Crippen LogP contribution is -2.49. The predicted octanol–water partition coefficient (Wildman–Crippen LogP) is 0.672. The second-order valence-electron chi connectivity index (χ2n) is 4.56. The molecule has 0 bridgehead atoms. The zero-order valence-corrected chi connectivity index (χ0v) is 11.4. The Morgan fingerprint density at radius 2 is 2.00 bits per heavy atom. The Morgan fingerprint density at radius 1 is 1.32 bits per heavy atom. The lowest BCUT2D eigenvalue weighted by molar-refractivity contribution is 0.0616. The molecule has 1 aromatic rings. The molecule has 0 atom stereocenters. The van der Waals surface area contributed by atoms with Gasteiger partial charge < -0.3 is 15.7 Å². The first-order chi connectivity index (χ1) is 9.13. The number of halogens is 1. The van der Waals surface area contributed by atoms with Gasteiger partial charge in [-0.3, -0.25) is 9.69 Å². The fraction of sp³-hybridized carbons (Fsp3) is 0.462. The molecule has 6 heteroatoms. The predicted molar refractivity (Wildman–Crippen MR) is 75.3 cm³/mol. The van der Waals surface area contributed by atoms with Crippen LogP contribution in [-0.2, 0) is 0 Å². The number of aliphatic hydroxyl groups is 1. The Hall–Kier alpha value is -1.30.